The van der Waals surface area contributed by atoms with Crippen LogP contribution in [0.5, 0.6) is 0 Å². The van der Waals surface area contributed by atoms with Crippen molar-refractivity contribution in [1.29, 1.82) is 0 Å². The van der Waals surface area contributed by atoms with Crippen molar-refractivity contribution >= 4 is 17.6 Å². The van der Waals surface area contributed by atoms with Crippen LogP contribution in [-0.4, -0.2) is 23.5 Å². The number of hydrogen-bond donors (Lipinski definition) is 1. The molecule has 2 atom stereocenters. The van der Waals surface area contributed by atoms with Crippen LogP contribution in [0.4, 0.5) is 5.69 Å². The van der Waals surface area contributed by atoms with E-state index in [1.165, 1.54) is 5.56 Å². The second-order valence-corrected chi connectivity index (χ2v) is 6.11. The summed E-state index contributed by atoms with van der Waals surface area (Å²) in [5.41, 5.74) is 2.28. The van der Waals surface area contributed by atoms with Crippen LogP contribution in [0.15, 0.2) is 24.3 Å². The molecule has 0 bridgehead atoms. The smallest absolute Gasteiger partial charge is 0.306 e. The van der Waals surface area contributed by atoms with Gasteiger partial charge in [0.15, 0.2) is 0 Å². The Morgan fingerprint density at radius 3 is 2.57 bits per heavy atom. The number of benzene rings is 1. The molecular weight excluding hydrogens is 266 g/mol. The van der Waals surface area contributed by atoms with Gasteiger partial charge < -0.3 is 10.0 Å². The molecule has 1 amide bonds. The molecule has 1 aromatic carbocycles. The molecule has 1 heterocycles. The van der Waals surface area contributed by atoms with Crippen molar-refractivity contribution in [2.75, 3.05) is 11.4 Å². The van der Waals surface area contributed by atoms with Crippen LogP contribution in [-0.2, 0) is 16.0 Å². The summed E-state index contributed by atoms with van der Waals surface area (Å²) < 4.78 is 0. The normalized spacial score (nSPS) is 25.2. The first kappa shape index (κ1) is 14.1. The highest BCUT2D eigenvalue weighted by atomic mass is 16.4. The zero-order valence-corrected chi connectivity index (χ0v) is 12.1. The first-order chi connectivity index (χ1) is 10.2. The van der Waals surface area contributed by atoms with Crippen LogP contribution >= 0.6 is 0 Å². The number of anilines is 1. The van der Waals surface area contributed by atoms with Crippen LogP contribution in [0.2, 0.25) is 0 Å². The summed E-state index contributed by atoms with van der Waals surface area (Å²) in [5.74, 6) is -0.810. The highest BCUT2D eigenvalue weighted by Crippen LogP contribution is 2.33. The van der Waals surface area contributed by atoms with E-state index in [0.29, 0.717) is 19.3 Å². The minimum atomic E-state index is -0.713. The van der Waals surface area contributed by atoms with Crippen molar-refractivity contribution in [2.24, 2.45) is 11.8 Å². The summed E-state index contributed by atoms with van der Waals surface area (Å²) in [6, 6.07) is 8.07. The van der Waals surface area contributed by atoms with Crippen molar-refractivity contribution in [3.63, 3.8) is 0 Å². The minimum Gasteiger partial charge on any atom is -0.481 e. The Morgan fingerprint density at radius 1 is 1.05 bits per heavy atom. The molecule has 0 spiro atoms. The summed E-state index contributed by atoms with van der Waals surface area (Å²) >= 11 is 0. The third kappa shape index (κ3) is 2.80. The summed E-state index contributed by atoms with van der Waals surface area (Å²) in [6.45, 7) is 0.761. The van der Waals surface area contributed by atoms with Gasteiger partial charge in [0.25, 0.3) is 0 Å². The van der Waals surface area contributed by atoms with Gasteiger partial charge in [-0.15, -0.1) is 0 Å². The van der Waals surface area contributed by atoms with E-state index in [-0.39, 0.29) is 17.7 Å². The number of aliphatic carboxylic acids is 1. The largest absolute Gasteiger partial charge is 0.481 e. The topological polar surface area (TPSA) is 57.6 Å². The van der Waals surface area contributed by atoms with E-state index in [1.54, 1.807) is 0 Å². The predicted molar refractivity (Wildman–Crippen MR) is 80.2 cm³/mol. The van der Waals surface area contributed by atoms with E-state index in [1.807, 2.05) is 23.1 Å². The second-order valence-electron chi connectivity index (χ2n) is 6.11. The Labute approximate surface area is 124 Å². The average molecular weight is 287 g/mol. The van der Waals surface area contributed by atoms with Crippen LogP contribution in [0.25, 0.3) is 0 Å². The molecular formula is C17H21NO3. The lowest BCUT2D eigenvalue weighted by molar-refractivity contribution is -0.142. The number of carbonyl (C=O) groups excluding carboxylic acids is 1. The fourth-order valence-corrected chi connectivity index (χ4v) is 3.58. The molecule has 1 N–H and O–H groups in total. The lowest BCUT2D eigenvalue weighted by atomic mass is 9.97. The van der Waals surface area contributed by atoms with Gasteiger partial charge in [-0.25, -0.2) is 0 Å². The van der Waals surface area contributed by atoms with Crippen LogP contribution in [0, 0.1) is 11.8 Å². The molecule has 0 saturated heterocycles. The number of amides is 1. The highest BCUT2D eigenvalue weighted by molar-refractivity contribution is 5.97. The van der Waals surface area contributed by atoms with Gasteiger partial charge in [-0.05, 0) is 43.7 Å². The first-order valence-electron chi connectivity index (χ1n) is 7.79. The molecule has 1 aromatic rings. The maximum atomic E-state index is 12.8. The van der Waals surface area contributed by atoms with E-state index in [0.717, 1.165) is 31.5 Å². The van der Waals surface area contributed by atoms with Crippen molar-refractivity contribution in [3.05, 3.63) is 29.8 Å². The molecule has 2 unspecified atom stereocenters. The zero-order chi connectivity index (χ0) is 14.8. The van der Waals surface area contributed by atoms with E-state index in [2.05, 4.69) is 6.07 Å². The molecule has 3 rings (SSSR count). The standard InChI is InChI=1S/C17H21NO3/c19-16(13-5-3-6-14(9-8-13)17(20)21)18-11-10-12-4-1-2-7-15(12)18/h1-2,4,7,13-14H,3,5-6,8-11H2,(H,20,21). The predicted octanol–water partition coefficient (Wildman–Crippen LogP) is 2.86. The van der Waals surface area contributed by atoms with Crippen molar-refractivity contribution in [1.82, 2.24) is 0 Å². The van der Waals surface area contributed by atoms with E-state index in [4.69, 9.17) is 5.11 Å². The van der Waals surface area contributed by atoms with Gasteiger partial charge in [-0.2, -0.15) is 0 Å². The van der Waals surface area contributed by atoms with E-state index < -0.39 is 5.97 Å². The number of nitrogens with zero attached hydrogens (tertiary/aromatic N) is 1. The Balaban J connectivity index is 1.70. The van der Waals surface area contributed by atoms with Crippen molar-refractivity contribution in [2.45, 2.75) is 38.5 Å². The van der Waals surface area contributed by atoms with Crippen LogP contribution < -0.4 is 4.90 Å². The Hall–Kier alpha value is -1.84. The number of carbonyl (C=O) groups is 2. The van der Waals surface area contributed by atoms with Gasteiger partial charge in [-0.1, -0.05) is 24.6 Å². The molecule has 4 nitrogen and oxygen atoms in total. The average Bonchev–Trinajstić information content (AvgIpc) is 2.75. The maximum Gasteiger partial charge on any atom is 0.306 e. The van der Waals surface area contributed by atoms with Crippen LogP contribution in [0.1, 0.15) is 37.7 Å². The third-order valence-corrected chi connectivity index (χ3v) is 4.82. The Kier molecular flexibility index (Phi) is 3.95. The third-order valence-electron chi connectivity index (χ3n) is 4.82. The van der Waals surface area contributed by atoms with E-state index >= 15 is 0 Å². The van der Waals surface area contributed by atoms with Crippen molar-refractivity contribution in [3.8, 4) is 0 Å². The number of fused-ring (bicyclic) bond motifs is 1. The number of carboxylic acids is 1. The molecule has 1 aliphatic heterocycles. The van der Waals surface area contributed by atoms with Gasteiger partial charge in [0.1, 0.15) is 0 Å². The number of para-hydroxylation sites is 1. The molecule has 1 fully saturated rings. The van der Waals surface area contributed by atoms with Gasteiger partial charge >= 0.3 is 5.97 Å². The summed E-state index contributed by atoms with van der Waals surface area (Å²) in [7, 11) is 0. The second kappa shape index (κ2) is 5.88. The molecule has 2 aliphatic rings. The number of rotatable bonds is 2. The van der Waals surface area contributed by atoms with Gasteiger partial charge in [0, 0.05) is 18.2 Å². The van der Waals surface area contributed by atoms with Crippen molar-refractivity contribution < 1.29 is 14.7 Å². The first-order valence-corrected chi connectivity index (χ1v) is 7.79. The van der Waals surface area contributed by atoms with Gasteiger partial charge in [0.05, 0.1) is 5.92 Å². The van der Waals surface area contributed by atoms with E-state index in [9.17, 15) is 9.59 Å². The van der Waals surface area contributed by atoms with Crippen LogP contribution in [0.3, 0.4) is 0 Å². The van der Waals surface area contributed by atoms with Gasteiger partial charge in [0.2, 0.25) is 5.91 Å². The lowest BCUT2D eigenvalue weighted by Gasteiger charge is -2.23. The molecule has 4 heteroatoms. The quantitative estimate of drug-likeness (QED) is 0.851. The highest BCUT2D eigenvalue weighted by Gasteiger charge is 2.32. The Bertz CT molecular complexity index is 555. The number of carboxylic acid groups (broad SMARTS) is 1. The minimum absolute atomic E-state index is 0.0134. The monoisotopic (exact) mass is 287 g/mol. The molecule has 0 radical (unpaired) electrons. The lowest BCUT2D eigenvalue weighted by Crippen LogP contribution is -2.34. The molecule has 0 aromatic heterocycles. The summed E-state index contributed by atoms with van der Waals surface area (Å²) in [6.07, 6.45) is 4.61. The fraction of sp³-hybridized carbons (Fsp3) is 0.529. The fourth-order valence-electron chi connectivity index (χ4n) is 3.58. The summed E-state index contributed by atoms with van der Waals surface area (Å²) in [4.78, 5) is 25.8. The maximum absolute atomic E-state index is 12.8. The molecule has 21 heavy (non-hydrogen) atoms. The number of hydrogen-bond acceptors (Lipinski definition) is 2. The molecule has 1 aliphatic carbocycles. The molecule has 1 saturated carbocycles. The summed E-state index contributed by atoms with van der Waals surface area (Å²) in [5, 5.41) is 9.13. The SMILES string of the molecule is O=C(O)C1CCCC(C(=O)N2CCc3ccccc32)CC1. The Morgan fingerprint density at radius 2 is 1.76 bits per heavy atom. The zero-order valence-electron chi connectivity index (χ0n) is 12.1. The van der Waals surface area contributed by atoms with Gasteiger partial charge in [-0.3, -0.25) is 9.59 Å². The molecule has 112 valence electrons.